The fraction of sp³-hybridized carbons (Fsp3) is 0. The molecule has 0 aliphatic carbocycles. The minimum absolute atomic E-state index is 0.0247. The van der Waals surface area contributed by atoms with Crippen molar-refractivity contribution in [2.24, 2.45) is 0 Å². The topological polar surface area (TPSA) is 92.3 Å². The van der Waals surface area contributed by atoms with Crippen LogP contribution in [0, 0.1) is 0 Å². The first-order chi connectivity index (χ1) is 12.6. The van der Waals surface area contributed by atoms with Gasteiger partial charge in [0, 0.05) is 0 Å². The van der Waals surface area contributed by atoms with E-state index in [4.69, 9.17) is 34.8 Å². The quantitative estimate of drug-likeness (QED) is 0.442. The summed E-state index contributed by atoms with van der Waals surface area (Å²) in [5.41, 5.74) is -0.373. The number of thiophene rings is 2. The first-order valence-corrected chi connectivity index (χ1v) is 12.8. The van der Waals surface area contributed by atoms with Gasteiger partial charge in [0.2, 0.25) is 0 Å². The van der Waals surface area contributed by atoms with E-state index in [1.165, 1.54) is 18.2 Å². The van der Waals surface area contributed by atoms with Crippen molar-refractivity contribution in [3.05, 3.63) is 56.2 Å². The molecule has 0 saturated heterocycles. The van der Waals surface area contributed by atoms with Crippen LogP contribution in [0.5, 0.6) is 0 Å². The van der Waals surface area contributed by atoms with Gasteiger partial charge in [0.15, 0.2) is 0 Å². The van der Waals surface area contributed by atoms with Crippen molar-refractivity contribution < 1.29 is 16.8 Å². The lowest BCUT2D eigenvalue weighted by Crippen LogP contribution is -2.17. The molecule has 0 bridgehead atoms. The van der Waals surface area contributed by atoms with E-state index in [-0.39, 0.29) is 34.9 Å². The second-order valence-corrected chi connectivity index (χ2v) is 11.9. The van der Waals surface area contributed by atoms with Gasteiger partial charge >= 0.3 is 0 Å². The lowest BCUT2D eigenvalue weighted by atomic mass is 10.3. The molecule has 13 heteroatoms. The molecule has 2 aromatic heterocycles. The summed E-state index contributed by atoms with van der Waals surface area (Å²) in [5, 5.41) is 2.81. The summed E-state index contributed by atoms with van der Waals surface area (Å²) in [5.74, 6) is 0. The number of hydrogen-bond donors (Lipinski definition) is 2. The highest BCUT2D eigenvalue weighted by molar-refractivity contribution is 7.95. The third-order valence-electron chi connectivity index (χ3n) is 3.16. The van der Waals surface area contributed by atoms with Crippen molar-refractivity contribution in [2.45, 2.75) is 8.42 Å². The van der Waals surface area contributed by atoms with E-state index < -0.39 is 20.0 Å². The maximum Gasteiger partial charge on any atom is 0.271 e. The molecule has 0 unspecified atom stereocenters. The van der Waals surface area contributed by atoms with Crippen molar-refractivity contribution in [1.29, 1.82) is 0 Å². The van der Waals surface area contributed by atoms with E-state index in [2.05, 4.69) is 9.44 Å². The van der Waals surface area contributed by atoms with Gasteiger partial charge in [-0.2, -0.15) is 0 Å². The normalized spacial score (nSPS) is 12.1. The van der Waals surface area contributed by atoms with Gasteiger partial charge in [-0.05, 0) is 29.0 Å². The van der Waals surface area contributed by atoms with Crippen molar-refractivity contribution in [3.63, 3.8) is 0 Å². The summed E-state index contributed by atoms with van der Waals surface area (Å²) < 4.78 is 54.8. The number of rotatable bonds is 6. The van der Waals surface area contributed by atoms with Crippen LogP contribution < -0.4 is 9.44 Å². The van der Waals surface area contributed by atoms with E-state index in [1.54, 1.807) is 22.9 Å². The van der Waals surface area contributed by atoms with Crippen molar-refractivity contribution in [1.82, 2.24) is 0 Å². The summed E-state index contributed by atoms with van der Waals surface area (Å²) in [6, 6.07) is 7.13. The maximum absolute atomic E-state index is 12.5. The highest BCUT2D eigenvalue weighted by Crippen LogP contribution is 2.43. The molecule has 27 heavy (non-hydrogen) atoms. The number of sulfonamides is 2. The zero-order chi connectivity index (χ0) is 19.8. The Bertz CT molecular complexity index is 1180. The van der Waals surface area contributed by atoms with Gasteiger partial charge in [-0.1, -0.05) is 46.9 Å². The largest absolute Gasteiger partial charge is 0.277 e. The first kappa shape index (κ1) is 20.7. The van der Waals surface area contributed by atoms with Crippen molar-refractivity contribution in [2.75, 3.05) is 9.44 Å². The lowest BCUT2D eigenvalue weighted by molar-refractivity contribution is 0.601. The fourth-order valence-corrected chi connectivity index (χ4v) is 6.84. The third kappa shape index (κ3) is 4.37. The minimum atomic E-state index is -4.00. The second-order valence-electron chi connectivity index (χ2n) is 4.98. The van der Waals surface area contributed by atoms with E-state index in [1.807, 2.05) is 0 Å². The van der Waals surface area contributed by atoms with Crippen LogP contribution in [0.15, 0.2) is 49.5 Å². The third-order valence-corrected chi connectivity index (χ3v) is 9.94. The smallest absolute Gasteiger partial charge is 0.271 e. The zero-order valence-corrected chi connectivity index (χ0v) is 18.5. The summed E-state index contributed by atoms with van der Waals surface area (Å²) in [7, 11) is -7.98. The van der Waals surface area contributed by atoms with E-state index in [9.17, 15) is 16.8 Å². The Hall–Kier alpha value is -1.01. The van der Waals surface area contributed by atoms with E-state index in [0.29, 0.717) is 0 Å². The molecule has 0 radical (unpaired) electrons. The summed E-state index contributed by atoms with van der Waals surface area (Å²) in [6.07, 6.45) is 0. The molecular weight excluding hydrogens is 495 g/mol. The molecule has 0 amide bonds. The molecule has 6 nitrogen and oxygen atoms in total. The van der Waals surface area contributed by atoms with Crippen LogP contribution in [0.1, 0.15) is 0 Å². The Morgan fingerprint density at radius 2 is 1.30 bits per heavy atom. The monoisotopic (exact) mass is 502 g/mol. The van der Waals surface area contributed by atoms with Gasteiger partial charge in [-0.25, -0.2) is 16.8 Å². The first-order valence-electron chi connectivity index (χ1n) is 6.92. The van der Waals surface area contributed by atoms with Crippen LogP contribution in [-0.2, 0) is 20.0 Å². The zero-order valence-electron chi connectivity index (χ0n) is 12.9. The molecule has 0 fully saturated rings. The van der Waals surface area contributed by atoms with Crippen LogP contribution in [0.4, 0.5) is 11.4 Å². The highest BCUT2D eigenvalue weighted by Gasteiger charge is 2.25. The summed E-state index contributed by atoms with van der Waals surface area (Å²) >= 11 is 20.1. The van der Waals surface area contributed by atoms with Crippen LogP contribution in [0.25, 0.3) is 0 Å². The molecule has 2 heterocycles. The fourth-order valence-electron chi connectivity index (χ4n) is 1.99. The standard InChI is InChI=1S/C14H9Cl3N2O4S4/c15-8-7-9(18-26(20,21)10-3-1-5-24-10)14(13(17)12(8)16)19-27(22,23)11-4-2-6-25-11/h1-7,18-19H. The van der Waals surface area contributed by atoms with E-state index >= 15 is 0 Å². The van der Waals surface area contributed by atoms with Gasteiger partial charge in [0.25, 0.3) is 20.0 Å². The highest BCUT2D eigenvalue weighted by atomic mass is 35.5. The Kier molecular flexibility index (Phi) is 5.97. The average molecular weight is 504 g/mol. The van der Waals surface area contributed by atoms with Crippen LogP contribution in [-0.4, -0.2) is 16.8 Å². The Morgan fingerprint density at radius 1 is 0.778 bits per heavy atom. The number of anilines is 2. The molecule has 1 aromatic carbocycles. The number of hydrogen-bond acceptors (Lipinski definition) is 6. The molecule has 3 rings (SSSR count). The van der Waals surface area contributed by atoms with E-state index in [0.717, 1.165) is 22.7 Å². The van der Waals surface area contributed by atoms with Crippen LogP contribution in [0.3, 0.4) is 0 Å². The second kappa shape index (κ2) is 7.78. The molecule has 0 saturated carbocycles. The van der Waals surface area contributed by atoms with Gasteiger partial charge in [-0.3, -0.25) is 9.44 Å². The van der Waals surface area contributed by atoms with Crippen molar-refractivity contribution in [3.8, 4) is 0 Å². The van der Waals surface area contributed by atoms with Gasteiger partial charge in [0.05, 0.1) is 26.4 Å². The molecule has 0 aliphatic rings. The predicted octanol–water partition coefficient (Wildman–Crippen LogP) is 5.37. The Balaban J connectivity index is 2.09. The molecule has 2 N–H and O–H groups in total. The Morgan fingerprint density at radius 3 is 1.78 bits per heavy atom. The number of benzene rings is 1. The maximum atomic E-state index is 12.5. The molecule has 0 aliphatic heterocycles. The van der Waals surface area contributed by atoms with Crippen LogP contribution >= 0.6 is 57.5 Å². The average Bonchev–Trinajstić information content (AvgIpc) is 3.30. The van der Waals surface area contributed by atoms with Gasteiger partial charge < -0.3 is 0 Å². The van der Waals surface area contributed by atoms with Gasteiger partial charge in [0.1, 0.15) is 8.42 Å². The molecule has 0 spiro atoms. The van der Waals surface area contributed by atoms with Gasteiger partial charge in [-0.15, -0.1) is 22.7 Å². The molecule has 3 aromatic rings. The SMILES string of the molecule is O=S(=O)(Nc1cc(Cl)c(Cl)c(Cl)c1NS(=O)(=O)c1cccs1)c1cccs1. The summed E-state index contributed by atoms with van der Waals surface area (Å²) in [6.45, 7) is 0. The van der Waals surface area contributed by atoms with Crippen LogP contribution in [0.2, 0.25) is 15.1 Å². The molecule has 144 valence electrons. The minimum Gasteiger partial charge on any atom is -0.277 e. The lowest BCUT2D eigenvalue weighted by Gasteiger charge is -2.16. The molecular formula is C14H9Cl3N2O4S4. The molecule has 0 atom stereocenters. The number of nitrogens with one attached hydrogen (secondary N) is 2. The summed E-state index contributed by atoms with van der Waals surface area (Å²) in [4.78, 5) is 0. The van der Waals surface area contributed by atoms with Crippen molar-refractivity contribution >= 4 is 88.9 Å². The predicted molar refractivity (Wildman–Crippen MR) is 112 cm³/mol. The number of halogens is 3. The Labute approximate surface area is 178 Å².